The Balaban J connectivity index is 3.92. The lowest BCUT2D eigenvalue weighted by Crippen LogP contribution is -2.33. The Kier molecular flexibility index (Phi) is 8.83. The van der Waals surface area contributed by atoms with Crippen molar-refractivity contribution in [2.45, 2.75) is 47.0 Å². The van der Waals surface area contributed by atoms with Crippen molar-refractivity contribution in [3.8, 4) is 0 Å². The van der Waals surface area contributed by atoms with Crippen molar-refractivity contribution in [3.63, 3.8) is 0 Å². The topological polar surface area (TPSA) is 49.7 Å². The average molecular weight is 246 g/mol. The first-order valence-electron chi connectivity index (χ1n) is 6.75. The van der Waals surface area contributed by atoms with E-state index in [4.69, 9.17) is 4.74 Å². The fraction of sp³-hybridized carbons (Fsp3) is 1.00. The van der Waals surface area contributed by atoms with Gasteiger partial charge in [0, 0.05) is 18.6 Å². The van der Waals surface area contributed by atoms with E-state index in [1.54, 1.807) is 0 Å². The van der Waals surface area contributed by atoms with Gasteiger partial charge in [-0.05, 0) is 31.1 Å². The molecule has 3 nitrogen and oxygen atoms in total. The Morgan fingerprint density at radius 1 is 0.941 bits per heavy atom. The first-order chi connectivity index (χ1) is 7.95. The van der Waals surface area contributed by atoms with Crippen LogP contribution in [0.15, 0.2) is 0 Å². The molecule has 0 aliphatic carbocycles. The lowest BCUT2D eigenvalue weighted by molar-refractivity contribution is 0.00104. The molecule has 3 heteroatoms. The highest BCUT2D eigenvalue weighted by Crippen LogP contribution is 2.29. The first kappa shape index (κ1) is 16.9. The van der Waals surface area contributed by atoms with Crippen molar-refractivity contribution in [1.82, 2.24) is 0 Å². The van der Waals surface area contributed by atoms with Crippen LogP contribution in [0.3, 0.4) is 0 Å². The van der Waals surface area contributed by atoms with Gasteiger partial charge in [0.15, 0.2) is 0 Å². The van der Waals surface area contributed by atoms with Crippen molar-refractivity contribution >= 4 is 0 Å². The smallest absolute Gasteiger partial charge is 0.0510 e. The standard InChI is InChI=1S/C14H30O3/c1-12(2)5-7-17-8-6-14(10-15,11-16)9-13(3)4/h12-13,15-16H,5-11H2,1-4H3. The third kappa shape index (κ3) is 7.74. The van der Waals surface area contributed by atoms with E-state index in [9.17, 15) is 10.2 Å². The van der Waals surface area contributed by atoms with Crippen LogP contribution in [0.4, 0.5) is 0 Å². The van der Waals surface area contributed by atoms with E-state index < -0.39 is 0 Å². The van der Waals surface area contributed by atoms with Crippen LogP contribution < -0.4 is 0 Å². The second kappa shape index (κ2) is 8.90. The quantitative estimate of drug-likeness (QED) is 0.582. The van der Waals surface area contributed by atoms with E-state index in [2.05, 4.69) is 27.7 Å². The van der Waals surface area contributed by atoms with E-state index in [1.165, 1.54) is 0 Å². The maximum Gasteiger partial charge on any atom is 0.0510 e. The molecule has 0 fully saturated rings. The van der Waals surface area contributed by atoms with Crippen LogP contribution in [0.2, 0.25) is 0 Å². The summed E-state index contributed by atoms with van der Waals surface area (Å²) in [5, 5.41) is 18.9. The summed E-state index contributed by atoms with van der Waals surface area (Å²) in [6.45, 7) is 10.0. The molecule has 0 saturated carbocycles. The maximum absolute atomic E-state index is 9.45. The number of ether oxygens (including phenoxy) is 1. The minimum Gasteiger partial charge on any atom is -0.396 e. The molecule has 0 spiro atoms. The minimum atomic E-state index is -0.369. The minimum absolute atomic E-state index is 0.0369. The van der Waals surface area contributed by atoms with Crippen LogP contribution in [0.25, 0.3) is 0 Å². The maximum atomic E-state index is 9.45. The molecule has 17 heavy (non-hydrogen) atoms. The Morgan fingerprint density at radius 2 is 1.53 bits per heavy atom. The molecule has 0 rings (SSSR count). The Bertz CT molecular complexity index is 174. The van der Waals surface area contributed by atoms with E-state index in [-0.39, 0.29) is 18.6 Å². The molecule has 0 aliphatic rings. The van der Waals surface area contributed by atoms with Crippen LogP contribution in [-0.4, -0.2) is 36.6 Å². The SMILES string of the molecule is CC(C)CCOCCC(CO)(CO)CC(C)C. The third-order valence-corrected chi connectivity index (χ3v) is 3.13. The number of rotatable bonds is 10. The highest BCUT2D eigenvalue weighted by Gasteiger charge is 2.29. The summed E-state index contributed by atoms with van der Waals surface area (Å²) in [6.07, 6.45) is 2.64. The molecule has 0 aromatic rings. The summed E-state index contributed by atoms with van der Waals surface area (Å²) >= 11 is 0. The van der Waals surface area contributed by atoms with Crippen molar-refractivity contribution in [2.24, 2.45) is 17.3 Å². The average Bonchev–Trinajstić information content (AvgIpc) is 2.26. The zero-order valence-corrected chi connectivity index (χ0v) is 11.9. The molecule has 0 heterocycles. The van der Waals surface area contributed by atoms with Gasteiger partial charge in [0.25, 0.3) is 0 Å². The van der Waals surface area contributed by atoms with Gasteiger partial charge in [-0.2, -0.15) is 0 Å². The molecule has 0 saturated heterocycles. The molecule has 2 N–H and O–H groups in total. The highest BCUT2D eigenvalue weighted by atomic mass is 16.5. The number of hydrogen-bond donors (Lipinski definition) is 2. The molecular weight excluding hydrogens is 216 g/mol. The van der Waals surface area contributed by atoms with Gasteiger partial charge >= 0.3 is 0 Å². The lowest BCUT2D eigenvalue weighted by Gasteiger charge is -2.31. The summed E-state index contributed by atoms with van der Waals surface area (Å²) in [5.74, 6) is 1.14. The van der Waals surface area contributed by atoms with E-state index in [0.717, 1.165) is 25.9 Å². The van der Waals surface area contributed by atoms with Gasteiger partial charge in [0.1, 0.15) is 0 Å². The molecule has 0 amide bonds. The zero-order valence-electron chi connectivity index (χ0n) is 11.9. The fourth-order valence-electron chi connectivity index (χ4n) is 2.02. The van der Waals surface area contributed by atoms with E-state index in [1.807, 2.05) is 0 Å². The second-order valence-corrected chi connectivity index (χ2v) is 5.96. The van der Waals surface area contributed by atoms with Crippen molar-refractivity contribution in [3.05, 3.63) is 0 Å². The first-order valence-corrected chi connectivity index (χ1v) is 6.75. The number of aliphatic hydroxyl groups is 2. The monoisotopic (exact) mass is 246 g/mol. The number of hydrogen-bond acceptors (Lipinski definition) is 3. The summed E-state index contributed by atoms with van der Waals surface area (Å²) in [4.78, 5) is 0. The predicted octanol–water partition coefficient (Wildman–Crippen LogP) is 2.46. The van der Waals surface area contributed by atoms with Gasteiger partial charge in [-0.25, -0.2) is 0 Å². The van der Waals surface area contributed by atoms with Crippen LogP contribution in [0, 0.1) is 17.3 Å². The molecule has 0 radical (unpaired) electrons. The van der Waals surface area contributed by atoms with Crippen molar-refractivity contribution in [1.29, 1.82) is 0 Å². The van der Waals surface area contributed by atoms with E-state index in [0.29, 0.717) is 18.4 Å². The predicted molar refractivity (Wildman–Crippen MR) is 71.0 cm³/mol. The molecule has 0 atom stereocenters. The third-order valence-electron chi connectivity index (χ3n) is 3.13. The molecular formula is C14H30O3. The van der Waals surface area contributed by atoms with Crippen LogP contribution >= 0.6 is 0 Å². The highest BCUT2D eigenvalue weighted by molar-refractivity contribution is 4.79. The van der Waals surface area contributed by atoms with Crippen molar-refractivity contribution < 1.29 is 14.9 Å². The van der Waals surface area contributed by atoms with Crippen LogP contribution in [0.5, 0.6) is 0 Å². The fourth-order valence-corrected chi connectivity index (χ4v) is 2.02. The summed E-state index contributed by atoms with van der Waals surface area (Å²) in [5.41, 5.74) is -0.369. The second-order valence-electron chi connectivity index (χ2n) is 5.96. The van der Waals surface area contributed by atoms with Gasteiger partial charge in [0.05, 0.1) is 13.2 Å². The Hall–Kier alpha value is -0.120. The molecule has 0 aromatic carbocycles. The molecule has 104 valence electrons. The van der Waals surface area contributed by atoms with Gasteiger partial charge in [0.2, 0.25) is 0 Å². The Morgan fingerprint density at radius 3 is 1.94 bits per heavy atom. The zero-order chi connectivity index (χ0) is 13.3. The normalized spacial score (nSPS) is 12.7. The Labute approximate surface area is 106 Å². The summed E-state index contributed by atoms with van der Waals surface area (Å²) in [7, 11) is 0. The molecule has 0 bridgehead atoms. The van der Waals surface area contributed by atoms with Crippen LogP contribution in [0.1, 0.15) is 47.0 Å². The van der Waals surface area contributed by atoms with Gasteiger partial charge in [-0.1, -0.05) is 27.7 Å². The summed E-state index contributed by atoms with van der Waals surface area (Å²) in [6, 6.07) is 0. The van der Waals surface area contributed by atoms with E-state index >= 15 is 0 Å². The van der Waals surface area contributed by atoms with Gasteiger partial charge in [-0.3, -0.25) is 0 Å². The molecule has 0 aliphatic heterocycles. The lowest BCUT2D eigenvalue weighted by atomic mass is 9.79. The number of aliphatic hydroxyl groups excluding tert-OH is 2. The largest absolute Gasteiger partial charge is 0.396 e. The van der Waals surface area contributed by atoms with Crippen molar-refractivity contribution in [2.75, 3.05) is 26.4 Å². The molecule has 0 aromatic heterocycles. The molecule has 0 unspecified atom stereocenters. The van der Waals surface area contributed by atoms with Gasteiger partial charge < -0.3 is 14.9 Å². The van der Waals surface area contributed by atoms with Gasteiger partial charge in [-0.15, -0.1) is 0 Å². The van der Waals surface area contributed by atoms with Crippen LogP contribution in [-0.2, 0) is 4.74 Å². The summed E-state index contributed by atoms with van der Waals surface area (Å²) < 4.78 is 5.56.